The minimum absolute atomic E-state index is 0.113. The molecule has 0 aliphatic heterocycles. The van der Waals surface area contributed by atoms with Gasteiger partial charge in [-0.15, -0.1) is 0 Å². The van der Waals surface area contributed by atoms with Crippen LogP contribution in [-0.2, 0) is 0 Å². The van der Waals surface area contributed by atoms with Crippen LogP contribution in [0.4, 0.5) is 5.69 Å². The van der Waals surface area contributed by atoms with Crippen molar-refractivity contribution in [3.63, 3.8) is 0 Å². The normalized spacial score (nSPS) is 14.0. The van der Waals surface area contributed by atoms with E-state index in [1.54, 1.807) is 18.0 Å². The van der Waals surface area contributed by atoms with Crippen LogP contribution >= 0.6 is 11.9 Å². The molecule has 0 radical (unpaired) electrons. The summed E-state index contributed by atoms with van der Waals surface area (Å²) in [6.07, 6.45) is 15.4. The molecule has 156 valence electrons. The molecular weight excluding hydrogens is 402 g/mol. The fourth-order valence-electron chi connectivity index (χ4n) is 3.70. The Morgan fingerprint density at radius 1 is 1.13 bits per heavy atom. The second kappa shape index (κ2) is 9.58. The first-order valence-electron chi connectivity index (χ1n) is 10.1. The summed E-state index contributed by atoms with van der Waals surface area (Å²) in [6, 6.07) is 14.4. The highest BCUT2D eigenvalue weighted by atomic mass is 32.2. The van der Waals surface area contributed by atoms with E-state index in [-0.39, 0.29) is 5.88 Å². The fraction of sp³-hybridized carbons (Fsp3) is 0.115. The van der Waals surface area contributed by atoms with Gasteiger partial charge in [0.2, 0.25) is 0 Å². The van der Waals surface area contributed by atoms with Crippen molar-refractivity contribution in [2.75, 3.05) is 11.0 Å². The van der Waals surface area contributed by atoms with Crippen molar-refractivity contribution < 1.29 is 5.11 Å². The molecule has 4 nitrogen and oxygen atoms in total. The van der Waals surface area contributed by atoms with Gasteiger partial charge in [-0.1, -0.05) is 67.1 Å². The van der Waals surface area contributed by atoms with Crippen molar-refractivity contribution in [2.45, 2.75) is 12.8 Å². The molecule has 5 heteroatoms. The van der Waals surface area contributed by atoms with Crippen LogP contribution in [0.2, 0.25) is 0 Å². The molecule has 0 atom stereocenters. The number of aromatic nitrogens is 1. The van der Waals surface area contributed by atoms with Crippen LogP contribution in [0.3, 0.4) is 0 Å². The lowest BCUT2D eigenvalue weighted by Gasteiger charge is -2.08. The highest BCUT2D eigenvalue weighted by molar-refractivity contribution is 7.99. The minimum atomic E-state index is 0.113. The average molecular weight is 428 g/mol. The molecule has 1 aromatic heterocycles. The van der Waals surface area contributed by atoms with Crippen molar-refractivity contribution in [2.24, 2.45) is 4.99 Å². The summed E-state index contributed by atoms with van der Waals surface area (Å²) in [6.45, 7) is 3.85. The van der Waals surface area contributed by atoms with Crippen LogP contribution in [0.1, 0.15) is 18.4 Å². The maximum atomic E-state index is 10.8. The van der Waals surface area contributed by atoms with E-state index in [4.69, 9.17) is 4.99 Å². The fourth-order valence-corrected chi connectivity index (χ4v) is 4.06. The minimum Gasteiger partial charge on any atom is -0.494 e. The molecule has 4 rings (SSSR count). The van der Waals surface area contributed by atoms with Crippen LogP contribution in [0.25, 0.3) is 27.7 Å². The Bertz CT molecular complexity index is 1210. The van der Waals surface area contributed by atoms with Crippen LogP contribution in [0, 0.1) is 0 Å². The molecular formula is C26H25N3OS. The molecule has 0 fully saturated rings. The lowest BCUT2D eigenvalue weighted by molar-refractivity contribution is 0.457. The number of aromatic amines is 1. The Kier molecular flexibility index (Phi) is 6.43. The number of aliphatic imine (C=N–C) groups is 1. The van der Waals surface area contributed by atoms with Gasteiger partial charge in [0.15, 0.2) is 5.88 Å². The summed E-state index contributed by atoms with van der Waals surface area (Å²) in [5.74, 6) is 0.113. The van der Waals surface area contributed by atoms with E-state index in [0.29, 0.717) is 11.3 Å². The van der Waals surface area contributed by atoms with E-state index in [1.807, 2.05) is 42.7 Å². The third-order valence-electron chi connectivity index (χ3n) is 5.10. The lowest BCUT2D eigenvalue weighted by Crippen LogP contribution is -1.95. The van der Waals surface area contributed by atoms with Crippen LogP contribution < -0.4 is 4.72 Å². The predicted molar refractivity (Wildman–Crippen MR) is 136 cm³/mol. The Balaban J connectivity index is 1.82. The topological polar surface area (TPSA) is 60.4 Å². The number of fused-ring (bicyclic) bond motifs is 1. The molecule has 2 aromatic carbocycles. The second-order valence-corrected chi connectivity index (χ2v) is 7.84. The highest BCUT2D eigenvalue weighted by Gasteiger charge is 2.16. The van der Waals surface area contributed by atoms with Gasteiger partial charge >= 0.3 is 0 Å². The number of H-pyrrole nitrogens is 1. The average Bonchev–Trinajstić information content (AvgIpc) is 2.91. The number of aromatic hydroxyl groups is 1. The van der Waals surface area contributed by atoms with E-state index >= 15 is 0 Å². The summed E-state index contributed by atoms with van der Waals surface area (Å²) in [5, 5.41) is 11.7. The maximum absolute atomic E-state index is 10.8. The van der Waals surface area contributed by atoms with Gasteiger partial charge < -0.3 is 14.8 Å². The quantitative estimate of drug-likeness (QED) is 0.290. The largest absolute Gasteiger partial charge is 0.494 e. The Labute approximate surface area is 186 Å². The van der Waals surface area contributed by atoms with Gasteiger partial charge in [-0.25, -0.2) is 0 Å². The standard InChI is InChI=1S/C26H25N3OS/c1-3-9-24(27-20-11-6-4-5-7-12-20)25-22-17-19(14-15-23(22)28-26(25)30)18-10-8-13-21(16-18)29-31-2/h3-10,13-17,28-30H,1,11-12H2,2H3/b24-9-. The first kappa shape index (κ1) is 20.8. The first-order valence-corrected chi connectivity index (χ1v) is 11.4. The van der Waals surface area contributed by atoms with Crippen LogP contribution in [-0.4, -0.2) is 22.1 Å². The van der Waals surface area contributed by atoms with Gasteiger partial charge in [0, 0.05) is 41.4 Å². The van der Waals surface area contributed by atoms with Gasteiger partial charge in [0.05, 0.1) is 11.3 Å². The SMILES string of the molecule is C=C/C=C(\N=C1CC=CC=CC1)c1c(O)[nH]c2ccc(-c3cccc(NSC)c3)cc12. The van der Waals surface area contributed by atoms with Crippen molar-refractivity contribution in [3.05, 3.63) is 91.1 Å². The number of allylic oxidation sites excluding steroid dienone is 6. The van der Waals surface area contributed by atoms with E-state index in [9.17, 15) is 5.11 Å². The van der Waals surface area contributed by atoms with E-state index < -0.39 is 0 Å². The highest BCUT2D eigenvalue weighted by Crippen LogP contribution is 2.37. The molecule has 0 amide bonds. The predicted octanol–water partition coefficient (Wildman–Crippen LogP) is 7.10. The number of anilines is 1. The van der Waals surface area contributed by atoms with Gasteiger partial charge in [-0.05, 0) is 41.5 Å². The molecule has 3 N–H and O–H groups in total. The zero-order valence-electron chi connectivity index (χ0n) is 17.4. The Hall–Kier alpha value is -3.44. The molecule has 0 saturated heterocycles. The molecule has 1 aliphatic carbocycles. The molecule has 0 spiro atoms. The smallest absolute Gasteiger partial charge is 0.199 e. The molecule has 1 heterocycles. The Morgan fingerprint density at radius 3 is 2.65 bits per heavy atom. The molecule has 0 bridgehead atoms. The number of hydrogen-bond donors (Lipinski definition) is 3. The van der Waals surface area contributed by atoms with E-state index in [1.165, 1.54) is 0 Å². The van der Waals surface area contributed by atoms with Crippen molar-refractivity contribution >= 4 is 39.9 Å². The van der Waals surface area contributed by atoms with Crippen LogP contribution in [0.5, 0.6) is 5.88 Å². The third-order valence-corrected chi connectivity index (χ3v) is 5.54. The molecule has 0 saturated carbocycles. The summed E-state index contributed by atoms with van der Waals surface area (Å²) in [5.41, 5.74) is 6.53. The van der Waals surface area contributed by atoms with E-state index in [2.05, 4.69) is 52.7 Å². The third kappa shape index (κ3) is 4.67. The van der Waals surface area contributed by atoms with Crippen LogP contribution in [0.15, 0.2) is 90.5 Å². The van der Waals surface area contributed by atoms with Gasteiger partial charge in [-0.2, -0.15) is 0 Å². The second-order valence-electron chi connectivity index (χ2n) is 7.23. The number of nitrogens with zero attached hydrogens (tertiary/aromatic N) is 1. The number of hydrogen-bond acceptors (Lipinski definition) is 4. The maximum Gasteiger partial charge on any atom is 0.199 e. The molecule has 3 aromatic rings. The van der Waals surface area contributed by atoms with Crippen molar-refractivity contribution in [1.82, 2.24) is 4.98 Å². The Morgan fingerprint density at radius 2 is 1.90 bits per heavy atom. The summed E-state index contributed by atoms with van der Waals surface area (Å²) in [4.78, 5) is 7.98. The number of benzene rings is 2. The summed E-state index contributed by atoms with van der Waals surface area (Å²) < 4.78 is 3.28. The summed E-state index contributed by atoms with van der Waals surface area (Å²) in [7, 11) is 0. The number of nitrogens with one attached hydrogen (secondary N) is 2. The van der Waals surface area contributed by atoms with Crippen molar-refractivity contribution in [3.8, 4) is 17.0 Å². The number of rotatable bonds is 6. The first-order chi connectivity index (χ1) is 15.2. The van der Waals surface area contributed by atoms with E-state index in [0.717, 1.165) is 46.3 Å². The molecule has 0 unspecified atom stereocenters. The van der Waals surface area contributed by atoms with Gasteiger partial charge in [-0.3, -0.25) is 4.99 Å². The van der Waals surface area contributed by atoms with Crippen molar-refractivity contribution in [1.29, 1.82) is 0 Å². The zero-order chi connectivity index (χ0) is 21.6. The van der Waals surface area contributed by atoms with Gasteiger partial charge in [0.25, 0.3) is 0 Å². The zero-order valence-corrected chi connectivity index (χ0v) is 18.2. The monoisotopic (exact) mass is 427 g/mol. The molecule has 1 aliphatic rings. The molecule has 31 heavy (non-hydrogen) atoms. The van der Waals surface area contributed by atoms with Gasteiger partial charge in [0.1, 0.15) is 0 Å². The summed E-state index contributed by atoms with van der Waals surface area (Å²) >= 11 is 1.57. The lowest BCUT2D eigenvalue weighted by atomic mass is 10.0.